The minimum atomic E-state index is -3.65. The molecule has 2 aromatic carbocycles. The second-order valence-electron chi connectivity index (χ2n) is 6.25. The lowest BCUT2D eigenvalue weighted by molar-refractivity contribution is 0.282. The predicted molar refractivity (Wildman–Crippen MR) is 108 cm³/mol. The lowest BCUT2D eigenvalue weighted by atomic mass is 10.2. The van der Waals surface area contributed by atoms with Crippen LogP contribution in [0, 0.1) is 0 Å². The van der Waals surface area contributed by atoms with Gasteiger partial charge in [0.2, 0.25) is 10.0 Å². The molecule has 0 radical (unpaired) electrons. The molecule has 0 fully saturated rings. The summed E-state index contributed by atoms with van der Waals surface area (Å²) in [6.45, 7) is 2.83. The van der Waals surface area contributed by atoms with Gasteiger partial charge < -0.3 is 15.2 Å². The minimum Gasteiger partial charge on any atom is -0.493 e. The fraction of sp³-hybridized carbons (Fsp3) is 0.400. The van der Waals surface area contributed by atoms with Gasteiger partial charge in [-0.3, -0.25) is 0 Å². The minimum absolute atomic E-state index is 0.105. The molecule has 2 rings (SSSR count). The fourth-order valence-electron chi connectivity index (χ4n) is 2.63. The van der Waals surface area contributed by atoms with E-state index in [4.69, 9.17) is 15.2 Å². The molecule has 0 unspecified atom stereocenters. The maximum Gasteiger partial charge on any atom is 0.240 e. The Morgan fingerprint density at radius 3 is 2.44 bits per heavy atom. The topological polar surface area (TPSA) is 90.7 Å². The number of hydrogen-bond donors (Lipinski definition) is 2. The van der Waals surface area contributed by atoms with Crippen LogP contribution in [0.1, 0.15) is 38.2 Å². The third-order valence-corrected chi connectivity index (χ3v) is 5.58. The van der Waals surface area contributed by atoms with Crippen LogP contribution in [0.5, 0.6) is 11.5 Å². The molecule has 0 amide bonds. The van der Waals surface area contributed by atoms with E-state index in [1.807, 2.05) is 12.1 Å². The SMILES string of the molecule is CCCCCCOc1c(CNS(=O)(=O)c2ccc(N)cc2)cccc1OC. The summed E-state index contributed by atoms with van der Waals surface area (Å²) in [5, 5.41) is 0. The van der Waals surface area contributed by atoms with E-state index in [2.05, 4.69) is 11.6 Å². The maximum atomic E-state index is 12.5. The van der Waals surface area contributed by atoms with Crippen molar-refractivity contribution in [1.29, 1.82) is 0 Å². The van der Waals surface area contributed by atoms with Crippen molar-refractivity contribution in [1.82, 2.24) is 4.72 Å². The van der Waals surface area contributed by atoms with Gasteiger partial charge in [0.1, 0.15) is 0 Å². The van der Waals surface area contributed by atoms with Crippen molar-refractivity contribution in [2.45, 2.75) is 44.0 Å². The molecule has 7 heteroatoms. The highest BCUT2D eigenvalue weighted by Crippen LogP contribution is 2.31. The van der Waals surface area contributed by atoms with Gasteiger partial charge in [0.25, 0.3) is 0 Å². The molecular formula is C20H28N2O4S. The highest BCUT2D eigenvalue weighted by Gasteiger charge is 2.16. The normalized spacial score (nSPS) is 11.3. The molecule has 0 aliphatic carbocycles. The molecule has 0 bridgehead atoms. The summed E-state index contributed by atoms with van der Waals surface area (Å²) in [4.78, 5) is 0.168. The maximum absolute atomic E-state index is 12.5. The monoisotopic (exact) mass is 392 g/mol. The van der Waals surface area contributed by atoms with E-state index in [0.29, 0.717) is 23.8 Å². The number of benzene rings is 2. The highest BCUT2D eigenvalue weighted by atomic mass is 32.2. The van der Waals surface area contributed by atoms with Crippen molar-refractivity contribution < 1.29 is 17.9 Å². The van der Waals surface area contributed by atoms with E-state index < -0.39 is 10.0 Å². The van der Waals surface area contributed by atoms with Crippen molar-refractivity contribution in [3.63, 3.8) is 0 Å². The van der Waals surface area contributed by atoms with Crippen LogP contribution in [-0.2, 0) is 16.6 Å². The summed E-state index contributed by atoms with van der Waals surface area (Å²) in [7, 11) is -2.07. The van der Waals surface area contributed by atoms with Gasteiger partial charge in [-0.05, 0) is 36.8 Å². The van der Waals surface area contributed by atoms with E-state index >= 15 is 0 Å². The van der Waals surface area contributed by atoms with Crippen LogP contribution >= 0.6 is 0 Å². The molecular weight excluding hydrogens is 364 g/mol. The first-order chi connectivity index (χ1) is 13.0. The summed E-state index contributed by atoms with van der Waals surface area (Å²) < 4.78 is 38.9. The number of ether oxygens (including phenoxy) is 2. The number of nitrogens with two attached hydrogens (primary N) is 1. The van der Waals surface area contributed by atoms with E-state index in [1.54, 1.807) is 25.3 Å². The molecule has 0 aliphatic heterocycles. The molecule has 0 heterocycles. The van der Waals surface area contributed by atoms with E-state index in [0.717, 1.165) is 24.8 Å². The van der Waals surface area contributed by atoms with Crippen LogP contribution < -0.4 is 19.9 Å². The van der Waals surface area contributed by atoms with Crippen LogP contribution in [-0.4, -0.2) is 22.1 Å². The van der Waals surface area contributed by atoms with Crippen LogP contribution in [0.4, 0.5) is 5.69 Å². The standard InChI is InChI=1S/C20H28N2O4S/c1-3-4-5-6-14-26-20-16(8-7-9-19(20)25-2)15-22-27(23,24)18-12-10-17(21)11-13-18/h7-13,22H,3-6,14-15,21H2,1-2H3. The number of unbranched alkanes of at least 4 members (excludes halogenated alkanes) is 3. The van der Waals surface area contributed by atoms with Crippen molar-refractivity contribution in [3.05, 3.63) is 48.0 Å². The average Bonchev–Trinajstić information content (AvgIpc) is 2.67. The fourth-order valence-corrected chi connectivity index (χ4v) is 3.64. The first-order valence-electron chi connectivity index (χ1n) is 9.12. The third-order valence-electron chi connectivity index (χ3n) is 4.17. The highest BCUT2D eigenvalue weighted by molar-refractivity contribution is 7.89. The number of methoxy groups -OCH3 is 1. The molecule has 0 saturated heterocycles. The Balaban J connectivity index is 2.09. The van der Waals surface area contributed by atoms with Crippen LogP contribution in [0.25, 0.3) is 0 Å². The molecule has 0 aliphatic rings. The summed E-state index contributed by atoms with van der Waals surface area (Å²) in [6.07, 6.45) is 4.38. The van der Waals surface area contributed by atoms with E-state index in [-0.39, 0.29) is 11.4 Å². The van der Waals surface area contributed by atoms with Crippen LogP contribution in [0.3, 0.4) is 0 Å². The molecule has 2 aromatic rings. The molecule has 27 heavy (non-hydrogen) atoms. The largest absolute Gasteiger partial charge is 0.493 e. The molecule has 0 aromatic heterocycles. The Morgan fingerprint density at radius 2 is 1.78 bits per heavy atom. The van der Waals surface area contributed by atoms with Crippen molar-refractivity contribution in [2.75, 3.05) is 19.5 Å². The van der Waals surface area contributed by atoms with Crippen LogP contribution in [0.15, 0.2) is 47.4 Å². The van der Waals surface area contributed by atoms with Gasteiger partial charge in [-0.2, -0.15) is 0 Å². The lowest BCUT2D eigenvalue weighted by Gasteiger charge is -2.16. The number of sulfonamides is 1. The Hall–Kier alpha value is -2.25. The second-order valence-corrected chi connectivity index (χ2v) is 8.02. The quantitative estimate of drug-likeness (QED) is 0.449. The van der Waals surface area contributed by atoms with Gasteiger partial charge >= 0.3 is 0 Å². The van der Waals surface area contributed by atoms with Gasteiger partial charge in [0.15, 0.2) is 11.5 Å². The van der Waals surface area contributed by atoms with Gasteiger partial charge in [0, 0.05) is 17.8 Å². The number of anilines is 1. The molecule has 0 saturated carbocycles. The lowest BCUT2D eigenvalue weighted by Crippen LogP contribution is -2.23. The number of rotatable bonds is 11. The predicted octanol–water partition coefficient (Wildman–Crippen LogP) is 3.72. The molecule has 0 atom stereocenters. The first kappa shape index (κ1) is 21.1. The zero-order chi connectivity index (χ0) is 19.7. The Morgan fingerprint density at radius 1 is 1.04 bits per heavy atom. The summed E-state index contributed by atoms with van der Waals surface area (Å²) in [5.41, 5.74) is 6.86. The molecule has 3 N–H and O–H groups in total. The number of para-hydroxylation sites is 1. The Bertz CT molecular complexity index is 820. The van der Waals surface area contributed by atoms with E-state index in [9.17, 15) is 8.42 Å². The number of nitrogens with one attached hydrogen (secondary N) is 1. The third kappa shape index (κ3) is 6.15. The van der Waals surface area contributed by atoms with Crippen molar-refractivity contribution in [2.24, 2.45) is 0 Å². The van der Waals surface area contributed by atoms with Gasteiger partial charge in [-0.1, -0.05) is 38.3 Å². The Kier molecular flexibility index (Phi) is 7.94. The first-order valence-corrected chi connectivity index (χ1v) is 10.6. The number of hydrogen-bond acceptors (Lipinski definition) is 5. The average molecular weight is 393 g/mol. The van der Waals surface area contributed by atoms with Crippen LogP contribution in [0.2, 0.25) is 0 Å². The second kappa shape index (κ2) is 10.2. The zero-order valence-corrected chi connectivity index (χ0v) is 16.7. The summed E-state index contributed by atoms with van der Waals surface area (Å²) >= 11 is 0. The smallest absolute Gasteiger partial charge is 0.240 e. The van der Waals surface area contributed by atoms with Gasteiger partial charge in [0.05, 0.1) is 18.6 Å². The summed E-state index contributed by atoms with van der Waals surface area (Å²) in [6, 6.07) is 11.5. The van der Waals surface area contributed by atoms with Gasteiger partial charge in [-0.25, -0.2) is 13.1 Å². The Labute approximate surface area is 161 Å². The number of nitrogen functional groups attached to an aromatic ring is 1. The van der Waals surface area contributed by atoms with E-state index in [1.165, 1.54) is 18.6 Å². The van der Waals surface area contributed by atoms with Crippen molar-refractivity contribution >= 4 is 15.7 Å². The van der Waals surface area contributed by atoms with Gasteiger partial charge in [-0.15, -0.1) is 0 Å². The molecule has 0 spiro atoms. The van der Waals surface area contributed by atoms with Crippen molar-refractivity contribution in [3.8, 4) is 11.5 Å². The molecule has 6 nitrogen and oxygen atoms in total. The molecule has 148 valence electrons. The summed E-state index contributed by atoms with van der Waals surface area (Å²) in [5.74, 6) is 1.17. The zero-order valence-electron chi connectivity index (χ0n) is 15.9.